The zero-order valence-electron chi connectivity index (χ0n) is 15.1. The van der Waals surface area contributed by atoms with Gasteiger partial charge in [0.1, 0.15) is 0 Å². The number of nitrogens with zero attached hydrogens (tertiary/aromatic N) is 2. The summed E-state index contributed by atoms with van der Waals surface area (Å²) in [5.41, 5.74) is 5.85. The Balaban J connectivity index is 1.45. The molecule has 3 unspecified atom stereocenters. The molecule has 0 aromatic carbocycles. The van der Waals surface area contributed by atoms with Gasteiger partial charge in [-0.05, 0) is 25.3 Å². The van der Waals surface area contributed by atoms with Crippen molar-refractivity contribution < 1.29 is 14.3 Å². The number of ether oxygens (including phenoxy) is 1. The fourth-order valence-corrected chi connectivity index (χ4v) is 4.23. The number of hydrogen-bond donors (Lipinski definition) is 2. The van der Waals surface area contributed by atoms with Gasteiger partial charge in [-0.3, -0.25) is 14.5 Å². The van der Waals surface area contributed by atoms with Gasteiger partial charge in [-0.2, -0.15) is 0 Å². The molecule has 3 N–H and O–H groups in total. The van der Waals surface area contributed by atoms with Crippen LogP contribution >= 0.6 is 0 Å². The van der Waals surface area contributed by atoms with E-state index in [9.17, 15) is 9.59 Å². The first-order chi connectivity index (χ1) is 12.2. The topological polar surface area (TPSA) is 87.9 Å². The minimum Gasteiger partial charge on any atom is -0.379 e. The smallest absolute Gasteiger partial charge is 0.225 e. The molecular weight excluding hydrogens is 320 g/mol. The molecule has 25 heavy (non-hydrogen) atoms. The highest BCUT2D eigenvalue weighted by Crippen LogP contribution is 2.25. The van der Waals surface area contributed by atoms with Gasteiger partial charge in [-0.25, -0.2) is 0 Å². The van der Waals surface area contributed by atoms with Crippen LogP contribution in [0.25, 0.3) is 0 Å². The van der Waals surface area contributed by atoms with Crippen molar-refractivity contribution >= 4 is 11.8 Å². The van der Waals surface area contributed by atoms with E-state index in [0.29, 0.717) is 32.0 Å². The SMILES string of the molecule is NCC1CCCCC1NC(=O)C1CC(=O)N(CCN2CCOCC2)C1. The van der Waals surface area contributed by atoms with Gasteiger partial charge >= 0.3 is 0 Å². The third-order valence-corrected chi connectivity index (χ3v) is 5.91. The molecule has 3 fully saturated rings. The van der Waals surface area contributed by atoms with Gasteiger partial charge < -0.3 is 20.7 Å². The van der Waals surface area contributed by atoms with Crippen LogP contribution in [0.5, 0.6) is 0 Å². The number of hydrogen-bond acceptors (Lipinski definition) is 5. The van der Waals surface area contributed by atoms with E-state index < -0.39 is 0 Å². The highest BCUT2D eigenvalue weighted by Gasteiger charge is 2.36. The molecule has 1 saturated carbocycles. The highest BCUT2D eigenvalue weighted by atomic mass is 16.5. The lowest BCUT2D eigenvalue weighted by Crippen LogP contribution is -2.47. The summed E-state index contributed by atoms with van der Waals surface area (Å²) in [6.07, 6.45) is 4.79. The molecule has 7 nitrogen and oxygen atoms in total. The van der Waals surface area contributed by atoms with E-state index in [2.05, 4.69) is 10.2 Å². The number of carbonyl (C=O) groups is 2. The van der Waals surface area contributed by atoms with E-state index in [0.717, 1.165) is 52.1 Å². The Morgan fingerprint density at radius 1 is 1.20 bits per heavy atom. The number of carbonyl (C=O) groups excluding carboxylic acids is 2. The Morgan fingerprint density at radius 2 is 1.96 bits per heavy atom. The van der Waals surface area contributed by atoms with E-state index in [1.165, 1.54) is 6.42 Å². The van der Waals surface area contributed by atoms with Crippen molar-refractivity contribution in [2.75, 3.05) is 52.5 Å². The lowest BCUT2D eigenvalue weighted by molar-refractivity contribution is -0.129. The molecule has 2 heterocycles. The van der Waals surface area contributed by atoms with Crippen molar-refractivity contribution in [3.05, 3.63) is 0 Å². The molecule has 2 aliphatic heterocycles. The Kier molecular flexibility index (Phi) is 6.67. The van der Waals surface area contributed by atoms with Crippen LogP contribution in [0.4, 0.5) is 0 Å². The van der Waals surface area contributed by atoms with Crippen molar-refractivity contribution in [2.45, 2.75) is 38.1 Å². The van der Waals surface area contributed by atoms with Gasteiger partial charge in [-0.1, -0.05) is 12.8 Å². The molecule has 1 aliphatic carbocycles. The van der Waals surface area contributed by atoms with Crippen LogP contribution in [0.2, 0.25) is 0 Å². The first-order valence-corrected chi connectivity index (χ1v) is 9.75. The van der Waals surface area contributed by atoms with E-state index >= 15 is 0 Å². The van der Waals surface area contributed by atoms with E-state index in [1.54, 1.807) is 0 Å². The number of amides is 2. The second-order valence-corrected chi connectivity index (χ2v) is 7.59. The molecule has 2 amide bonds. The van der Waals surface area contributed by atoms with Crippen molar-refractivity contribution in [2.24, 2.45) is 17.6 Å². The van der Waals surface area contributed by atoms with Crippen LogP contribution in [0.1, 0.15) is 32.1 Å². The number of nitrogens with one attached hydrogen (secondary N) is 1. The van der Waals surface area contributed by atoms with Crippen LogP contribution in [0.3, 0.4) is 0 Å². The summed E-state index contributed by atoms with van der Waals surface area (Å²) in [4.78, 5) is 29.0. The van der Waals surface area contributed by atoms with Crippen molar-refractivity contribution in [1.29, 1.82) is 0 Å². The molecule has 0 aromatic rings. The standard InChI is InChI=1S/C18H32N4O3/c19-12-14-3-1-2-4-16(14)20-18(24)15-11-17(23)22(13-15)6-5-21-7-9-25-10-8-21/h14-16H,1-13,19H2,(H,20,24). The van der Waals surface area contributed by atoms with Gasteiger partial charge in [-0.15, -0.1) is 0 Å². The van der Waals surface area contributed by atoms with Crippen molar-refractivity contribution in [3.8, 4) is 0 Å². The number of rotatable bonds is 6. The number of morpholine rings is 1. The quantitative estimate of drug-likeness (QED) is 0.691. The van der Waals surface area contributed by atoms with Crippen LogP contribution < -0.4 is 11.1 Å². The summed E-state index contributed by atoms with van der Waals surface area (Å²) in [7, 11) is 0. The molecule has 7 heteroatoms. The van der Waals surface area contributed by atoms with Gasteiger partial charge in [0.05, 0.1) is 19.1 Å². The van der Waals surface area contributed by atoms with Crippen LogP contribution in [0, 0.1) is 11.8 Å². The van der Waals surface area contributed by atoms with Crippen LogP contribution in [0.15, 0.2) is 0 Å². The molecule has 3 atom stereocenters. The summed E-state index contributed by atoms with van der Waals surface area (Å²) < 4.78 is 5.35. The molecule has 0 spiro atoms. The summed E-state index contributed by atoms with van der Waals surface area (Å²) in [6, 6.07) is 0.184. The van der Waals surface area contributed by atoms with Crippen molar-refractivity contribution in [1.82, 2.24) is 15.1 Å². The zero-order valence-corrected chi connectivity index (χ0v) is 15.1. The Labute approximate surface area is 150 Å². The third-order valence-electron chi connectivity index (χ3n) is 5.91. The second kappa shape index (κ2) is 8.96. The Bertz CT molecular complexity index is 467. The van der Waals surface area contributed by atoms with Gasteiger partial charge in [0.15, 0.2) is 0 Å². The molecule has 2 saturated heterocycles. The first-order valence-electron chi connectivity index (χ1n) is 9.75. The Morgan fingerprint density at radius 3 is 2.72 bits per heavy atom. The molecule has 0 aromatic heterocycles. The molecule has 3 aliphatic rings. The maximum absolute atomic E-state index is 12.6. The number of likely N-dealkylation sites (tertiary alicyclic amines) is 1. The third kappa shape index (κ3) is 4.92. The van der Waals surface area contributed by atoms with E-state index in [-0.39, 0.29) is 23.8 Å². The number of nitrogens with two attached hydrogens (primary N) is 1. The maximum Gasteiger partial charge on any atom is 0.225 e. The molecule has 0 radical (unpaired) electrons. The average molecular weight is 352 g/mol. The Hall–Kier alpha value is -1.18. The lowest BCUT2D eigenvalue weighted by atomic mass is 9.84. The lowest BCUT2D eigenvalue weighted by Gasteiger charge is -2.32. The second-order valence-electron chi connectivity index (χ2n) is 7.59. The summed E-state index contributed by atoms with van der Waals surface area (Å²) in [6.45, 7) is 6.13. The van der Waals surface area contributed by atoms with E-state index in [4.69, 9.17) is 10.5 Å². The van der Waals surface area contributed by atoms with Gasteiger partial charge in [0.25, 0.3) is 0 Å². The highest BCUT2D eigenvalue weighted by molar-refractivity contribution is 5.89. The molecule has 3 rings (SSSR count). The summed E-state index contributed by atoms with van der Waals surface area (Å²) in [5.74, 6) is 0.310. The molecule has 142 valence electrons. The fourth-order valence-electron chi connectivity index (χ4n) is 4.23. The minimum absolute atomic E-state index is 0.0348. The average Bonchev–Trinajstić information content (AvgIpc) is 3.02. The largest absolute Gasteiger partial charge is 0.379 e. The zero-order chi connectivity index (χ0) is 17.6. The molecule has 0 bridgehead atoms. The maximum atomic E-state index is 12.6. The van der Waals surface area contributed by atoms with Crippen molar-refractivity contribution in [3.63, 3.8) is 0 Å². The normalized spacial score (nSPS) is 31.3. The van der Waals surface area contributed by atoms with Crippen LogP contribution in [-0.2, 0) is 14.3 Å². The fraction of sp³-hybridized carbons (Fsp3) is 0.889. The van der Waals surface area contributed by atoms with E-state index in [1.807, 2.05) is 4.90 Å². The summed E-state index contributed by atoms with van der Waals surface area (Å²) in [5, 5.41) is 3.18. The molecular formula is C18H32N4O3. The predicted molar refractivity (Wildman–Crippen MR) is 94.9 cm³/mol. The summed E-state index contributed by atoms with van der Waals surface area (Å²) >= 11 is 0. The first kappa shape index (κ1) is 18.6. The monoisotopic (exact) mass is 352 g/mol. The van der Waals surface area contributed by atoms with Gasteiger partial charge in [0.2, 0.25) is 11.8 Å². The predicted octanol–water partition coefficient (Wildman–Crippen LogP) is -0.199. The minimum atomic E-state index is -0.211. The van der Waals surface area contributed by atoms with Gasteiger partial charge in [0, 0.05) is 45.2 Å². The van der Waals surface area contributed by atoms with Crippen LogP contribution in [-0.4, -0.2) is 80.1 Å².